The first-order chi connectivity index (χ1) is 7.06. The summed E-state index contributed by atoms with van der Waals surface area (Å²) in [6, 6.07) is 2.83. The van der Waals surface area contributed by atoms with Crippen molar-refractivity contribution in [3.8, 4) is 0 Å². The highest BCUT2D eigenvalue weighted by atomic mass is 79.9. The molecule has 0 N–H and O–H groups in total. The second kappa shape index (κ2) is 5.22. The maximum atomic E-state index is 11.7. The summed E-state index contributed by atoms with van der Waals surface area (Å²) >= 11 is 4.12. The van der Waals surface area contributed by atoms with E-state index in [1.54, 1.807) is 7.05 Å². The van der Waals surface area contributed by atoms with Gasteiger partial charge in [-0.15, -0.1) is 0 Å². The highest BCUT2D eigenvalue weighted by molar-refractivity contribution is 9.09. The first-order valence-corrected chi connectivity index (χ1v) is 6.05. The van der Waals surface area contributed by atoms with E-state index in [4.69, 9.17) is 0 Å². The number of amides is 1. The van der Waals surface area contributed by atoms with E-state index in [1.165, 1.54) is 17.0 Å². The third-order valence-corrected chi connectivity index (χ3v) is 3.13. The van der Waals surface area contributed by atoms with Gasteiger partial charge in [-0.1, -0.05) is 27.3 Å². The van der Waals surface area contributed by atoms with Gasteiger partial charge in [-0.05, 0) is 6.07 Å². The second-order valence-electron chi connectivity index (χ2n) is 2.81. The molecule has 1 rings (SSSR count). The van der Waals surface area contributed by atoms with E-state index in [-0.39, 0.29) is 10.9 Å². The Labute approximate surface area is 99.0 Å². The molecule has 0 fully saturated rings. The van der Waals surface area contributed by atoms with Crippen LogP contribution in [-0.2, 0) is 0 Å². The summed E-state index contributed by atoms with van der Waals surface area (Å²) in [4.78, 5) is 23.5. The maximum absolute atomic E-state index is 11.7. The largest absolute Gasteiger partial charge is 0.340 e. The molecule has 0 bridgehead atoms. The van der Waals surface area contributed by atoms with Crippen molar-refractivity contribution in [3.05, 3.63) is 27.1 Å². The molecule has 5 nitrogen and oxygen atoms in total. The zero-order chi connectivity index (χ0) is 11.4. The summed E-state index contributed by atoms with van der Waals surface area (Å²) in [6.45, 7) is 0.574. The van der Waals surface area contributed by atoms with E-state index in [2.05, 4.69) is 15.9 Å². The quantitative estimate of drug-likeness (QED) is 0.485. The average molecular weight is 293 g/mol. The van der Waals surface area contributed by atoms with Gasteiger partial charge in [-0.3, -0.25) is 14.9 Å². The van der Waals surface area contributed by atoms with Crippen LogP contribution in [0.5, 0.6) is 0 Å². The third-order valence-electron chi connectivity index (χ3n) is 1.75. The Balaban J connectivity index is 2.78. The van der Waals surface area contributed by atoms with Crippen molar-refractivity contribution in [2.75, 3.05) is 18.9 Å². The predicted octanol–water partition coefficient (Wildman–Crippen LogP) is 2.12. The zero-order valence-electron chi connectivity index (χ0n) is 7.97. The van der Waals surface area contributed by atoms with Gasteiger partial charge in [0.25, 0.3) is 5.91 Å². The zero-order valence-corrected chi connectivity index (χ0v) is 10.4. The van der Waals surface area contributed by atoms with E-state index in [0.29, 0.717) is 16.8 Å². The standard InChI is InChI=1S/C8H9BrN2O3S/c1-10(5-4-9)8(12)6-2-3-7(15-6)11(13)14/h2-3H,4-5H2,1H3. The fourth-order valence-corrected chi connectivity index (χ4v) is 2.30. The number of nitrogens with zero attached hydrogens (tertiary/aromatic N) is 2. The Bertz CT molecular complexity index is 380. The van der Waals surface area contributed by atoms with Crippen LogP contribution >= 0.6 is 27.3 Å². The van der Waals surface area contributed by atoms with Crippen molar-refractivity contribution in [2.45, 2.75) is 0 Å². The summed E-state index contributed by atoms with van der Waals surface area (Å²) in [6.07, 6.45) is 0. The van der Waals surface area contributed by atoms with Crippen LogP contribution in [0, 0.1) is 10.1 Å². The SMILES string of the molecule is CN(CCBr)C(=O)c1ccc([N+](=O)[O-])s1. The van der Waals surface area contributed by atoms with Gasteiger partial charge in [0.1, 0.15) is 0 Å². The van der Waals surface area contributed by atoms with Crippen LogP contribution in [0.4, 0.5) is 5.00 Å². The van der Waals surface area contributed by atoms with Gasteiger partial charge in [0.05, 0.1) is 9.80 Å². The molecule has 0 unspecified atom stereocenters. The van der Waals surface area contributed by atoms with Crippen molar-refractivity contribution in [1.29, 1.82) is 0 Å². The maximum Gasteiger partial charge on any atom is 0.324 e. The molecule has 1 amide bonds. The highest BCUT2D eigenvalue weighted by Crippen LogP contribution is 2.24. The molecule has 0 radical (unpaired) electrons. The minimum Gasteiger partial charge on any atom is -0.340 e. The van der Waals surface area contributed by atoms with Gasteiger partial charge < -0.3 is 4.90 Å². The number of alkyl halides is 1. The van der Waals surface area contributed by atoms with Crippen LogP contribution in [0.15, 0.2) is 12.1 Å². The van der Waals surface area contributed by atoms with Crippen LogP contribution in [-0.4, -0.2) is 34.7 Å². The summed E-state index contributed by atoms with van der Waals surface area (Å²) in [7, 11) is 1.66. The molecule has 1 heterocycles. The molecule has 0 aromatic carbocycles. The summed E-state index contributed by atoms with van der Waals surface area (Å²) in [5.41, 5.74) is 0. The topological polar surface area (TPSA) is 63.5 Å². The Hall–Kier alpha value is -0.950. The molecule has 0 atom stereocenters. The molecule has 0 spiro atoms. The van der Waals surface area contributed by atoms with Crippen molar-refractivity contribution in [2.24, 2.45) is 0 Å². The van der Waals surface area contributed by atoms with Gasteiger partial charge in [0.15, 0.2) is 0 Å². The van der Waals surface area contributed by atoms with E-state index >= 15 is 0 Å². The molecule has 15 heavy (non-hydrogen) atoms. The minimum atomic E-state index is -0.494. The number of carbonyl (C=O) groups is 1. The lowest BCUT2D eigenvalue weighted by atomic mass is 10.4. The normalized spacial score (nSPS) is 10.0. The Morgan fingerprint density at radius 3 is 2.80 bits per heavy atom. The lowest BCUT2D eigenvalue weighted by Gasteiger charge is -2.13. The monoisotopic (exact) mass is 292 g/mol. The molecule has 1 aromatic heterocycles. The number of carbonyl (C=O) groups excluding carboxylic acids is 1. The van der Waals surface area contributed by atoms with Crippen LogP contribution in [0.3, 0.4) is 0 Å². The summed E-state index contributed by atoms with van der Waals surface area (Å²) in [5, 5.41) is 11.1. The first kappa shape index (κ1) is 12.1. The van der Waals surface area contributed by atoms with Crippen molar-refractivity contribution in [1.82, 2.24) is 4.90 Å². The lowest BCUT2D eigenvalue weighted by molar-refractivity contribution is -0.380. The molecule has 0 saturated carbocycles. The molecule has 0 aliphatic heterocycles. The van der Waals surface area contributed by atoms with E-state index < -0.39 is 4.92 Å². The number of hydrogen-bond acceptors (Lipinski definition) is 4. The number of halogens is 1. The number of nitro groups is 1. The van der Waals surface area contributed by atoms with Crippen molar-refractivity contribution >= 4 is 38.2 Å². The molecule has 0 aliphatic rings. The fourth-order valence-electron chi connectivity index (χ4n) is 0.957. The molecular weight excluding hydrogens is 284 g/mol. The van der Waals surface area contributed by atoms with Gasteiger partial charge in [-0.2, -0.15) is 0 Å². The van der Waals surface area contributed by atoms with E-state index in [1.807, 2.05) is 0 Å². The van der Waals surface area contributed by atoms with Gasteiger partial charge >= 0.3 is 5.00 Å². The minimum absolute atomic E-state index is 0.00871. The molecular formula is C8H9BrN2O3S. The van der Waals surface area contributed by atoms with E-state index in [0.717, 1.165) is 11.3 Å². The molecule has 0 saturated heterocycles. The first-order valence-electron chi connectivity index (χ1n) is 4.12. The average Bonchev–Trinajstić information content (AvgIpc) is 2.65. The van der Waals surface area contributed by atoms with Gasteiger partial charge in [0, 0.05) is 25.0 Å². The summed E-state index contributed by atoms with van der Waals surface area (Å²) < 4.78 is 0. The van der Waals surface area contributed by atoms with Crippen molar-refractivity contribution in [3.63, 3.8) is 0 Å². The Morgan fingerprint density at radius 1 is 1.67 bits per heavy atom. The second-order valence-corrected chi connectivity index (χ2v) is 4.67. The van der Waals surface area contributed by atoms with Crippen LogP contribution in [0.2, 0.25) is 0 Å². The van der Waals surface area contributed by atoms with Crippen molar-refractivity contribution < 1.29 is 9.72 Å². The molecule has 82 valence electrons. The van der Waals surface area contributed by atoms with Crippen LogP contribution in [0.25, 0.3) is 0 Å². The van der Waals surface area contributed by atoms with Gasteiger partial charge in [0.2, 0.25) is 0 Å². The number of rotatable bonds is 4. The smallest absolute Gasteiger partial charge is 0.324 e. The predicted molar refractivity (Wildman–Crippen MR) is 61.7 cm³/mol. The fraction of sp³-hybridized carbons (Fsp3) is 0.375. The molecule has 1 aromatic rings. The lowest BCUT2D eigenvalue weighted by Crippen LogP contribution is -2.27. The third kappa shape index (κ3) is 3.00. The Morgan fingerprint density at radius 2 is 2.33 bits per heavy atom. The molecule has 0 aliphatic carbocycles. The van der Waals surface area contributed by atoms with Crippen LogP contribution < -0.4 is 0 Å². The van der Waals surface area contributed by atoms with Crippen LogP contribution in [0.1, 0.15) is 9.67 Å². The van der Waals surface area contributed by atoms with Gasteiger partial charge in [-0.25, -0.2) is 0 Å². The number of thiophene rings is 1. The molecule has 7 heteroatoms. The highest BCUT2D eigenvalue weighted by Gasteiger charge is 2.17. The summed E-state index contributed by atoms with van der Waals surface area (Å²) in [5.74, 6) is -0.187. The van der Waals surface area contributed by atoms with E-state index in [9.17, 15) is 14.9 Å². The number of hydrogen-bond donors (Lipinski definition) is 0. The Kier molecular flexibility index (Phi) is 4.22.